The van der Waals surface area contributed by atoms with E-state index in [9.17, 15) is 10.1 Å². The van der Waals surface area contributed by atoms with Crippen LogP contribution < -0.4 is 4.74 Å². The number of hydrogen-bond donors (Lipinski definition) is 0. The number of nitrogens with zero attached hydrogens (tertiary/aromatic N) is 4. The van der Waals surface area contributed by atoms with Gasteiger partial charge >= 0.3 is 5.69 Å². The van der Waals surface area contributed by atoms with Gasteiger partial charge in [0.05, 0.1) is 4.92 Å². The zero-order chi connectivity index (χ0) is 21.9. The summed E-state index contributed by atoms with van der Waals surface area (Å²) >= 11 is 0. The van der Waals surface area contributed by atoms with Crippen molar-refractivity contribution in [2.45, 2.75) is 44.6 Å². The molecule has 0 radical (unpaired) electrons. The highest BCUT2D eigenvalue weighted by atomic mass is 16.6. The highest BCUT2D eigenvalue weighted by Gasteiger charge is 2.29. The smallest absolute Gasteiger partial charge is 0.341 e. The Bertz CT molecular complexity index is 1230. The van der Waals surface area contributed by atoms with Crippen molar-refractivity contribution in [3.05, 3.63) is 88.2 Å². The van der Waals surface area contributed by atoms with Crippen molar-refractivity contribution in [3.8, 4) is 17.0 Å². The number of fused-ring (bicyclic) bond motifs is 1. The van der Waals surface area contributed by atoms with Crippen LogP contribution in [0.4, 0.5) is 5.69 Å². The Labute approximate surface area is 185 Å². The van der Waals surface area contributed by atoms with Crippen molar-refractivity contribution in [1.29, 1.82) is 0 Å². The third kappa shape index (κ3) is 3.93. The van der Waals surface area contributed by atoms with Crippen LogP contribution in [0.3, 0.4) is 0 Å². The summed E-state index contributed by atoms with van der Waals surface area (Å²) in [6.45, 7) is 0.462. The Morgan fingerprint density at radius 1 is 1.00 bits per heavy atom. The van der Waals surface area contributed by atoms with Crippen molar-refractivity contribution < 1.29 is 9.66 Å². The van der Waals surface area contributed by atoms with Crippen LogP contribution in [0.5, 0.6) is 5.75 Å². The maximum Gasteiger partial charge on any atom is 0.341 e. The maximum atomic E-state index is 12.0. The molecule has 32 heavy (non-hydrogen) atoms. The summed E-state index contributed by atoms with van der Waals surface area (Å²) < 4.78 is 7.53. The van der Waals surface area contributed by atoms with E-state index in [1.165, 1.54) is 19.3 Å². The summed E-state index contributed by atoms with van der Waals surface area (Å²) in [6.07, 6.45) is 7.42. The molecule has 0 bridgehead atoms. The summed E-state index contributed by atoms with van der Waals surface area (Å²) in [5, 5.41) is 16.6. The lowest BCUT2D eigenvalue weighted by Crippen LogP contribution is -2.10. The van der Waals surface area contributed by atoms with Crippen LogP contribution in [0.1, 0.15) is 49.3 Å². The molecule has 5 rings (SSSR count). The van der Waals surface area contributed by atoms with Crippen molar-refractivity contribution in [1.82, 2.24) is 14.6 Å². The van der Waals surface area contributed by atoms with Crippen molar-refractivity contribution >= 4 is 11.3 Å². The average Bonchev–Trinajstić information content (AvgIpc) is 3.24. The molecule has 0 unspecified atom stereocenters. The Morgan fingerprint density at radius 2 is 1.75 bits per heavy atom. The zero-order valence-corrected chi connectivity index (χ0v) is 17.7. The van der Waals surface area contributed by atoms with Gasteiger partial charge in [-0.2, -0.15) is 5.10 Å². The van der Waals surface area contributed by atoms with Crippen LogP contribution in [-0.4, -0.2) is 19.5 Å². The van der Waals surface area contributed by atoms with E-state index < -0.39 is 0 Å². The molecule has 0 spiro atoms. The van der Waals surface area contributed by atoms with E-state index >= 15 is 0 Å². The van der Waals surface area contributed by atoms with Crippen LogP contribution in [0.25, 0.3) is 16.9 Å². The highest BCUT2D eigenvalue weighted by molar-refractivity contribution is 5.79. The minimum absolute atomic E-state index is 0.0550. The zero-order valence-electron chi connectivity index (χ0n) is 17.7. The summed E-state index contributed by atoms with van der Waals surface area (Å²) in [4.78, 5) is 15.9. The van der Waals surface area contributed by atoms with Gasteiger partial charge in [-0.3, -0.25) is 10.1 Å². The van der Waals surface area contributed by atoms with Crippen LogP contribution in [0.15, 0.2) is 66.9 Å². The van der Waals surface area contributed by atoms with Gasteiger partial charge in [-0.1, -0.05) is 49.6 Å². The molecule has 0 aliphatic heterocycles. The van der Waals surface area contributed by atoms with Crippen molar-refractivity contribution in [2.24, 2.45) is 0 Å². The minimum atomic E-state index is -0.380. The first kappa shape index (κ1) is 20.2. The quantitative estimate of drug-likeness (QED) is 0.281. The SMILES string of the molecule is O=[N+]([O-])c1c(-c2ccc(OCc3ccccc3)cc2)nn2c(C3CCCCC3)ccnc12. The monoisotopic (exact) mass is 428 g/mol. The minimum Gasteiger partial charge on any atom is -0.489 e. The van der Waals surface area contributed by atoms with E-state index in [-0.39, 0.29) is 10.6 Å². The second kappa shape index (κ2) is 8.78. The van der Waals surface area contributed by atoms with Crippen LogP contribution >= 0.6 is 0 Å². The molecule has 4 aromatic rings. The lowest BCUT2D eigenvalue weighted by Gasteiger charge is -2.21. The summed E-state index contributed by atoms with van der Waals surface area (Å²) in [6, 6.07) is 19.1. The first-order valence-corrected chi connectivity index (χ1v) is 11.0. The van der Waals surface area contributed by atoms with Crippen molar-refractivity contribution in [3.63, 3.8) is 0 Å². The standard InChI is InChI=1S/C25H24N4O3/c30-29(31)24-23(20-11-13-21(14-12-20)32-17-18-7-3-1-4-8-18)27-28-22(15-16-26-25(24)28)19-9-5-2-6-10-19/h1,3-4,7-8,11-16,19H,2,5-6,9-10,17H2. The molecule has 2 aromatic heterocycles. The first-order valence-electron chi connectivity index (χ1n) is 11.0. The van der Waals surface area contributed by atoms with Crippen LogP contribution in [0.2, 0.25) is 0 Å². The molecule has 7 heteroatoms. The third-order valence-corrected chi connectivity index (χ3v) is 6.11. The number of hydrogen-bond acceptors (Lipinski definition) is 5. The van der Waals surface area contributed by atoms with E-state index in [4.69, 9.17) is 4.74 Å². The second-order valence-electron chi connectivity index (χ2n) is 8.19. The molecule has 0 amide bonds. The Morgan fingerprint density at radius 3 is 2.47 bits per heavy atom. The van der Waals surface area contributed by atoms with E-state index in [1.54, 1.807) is 10.7 Å². The fourth-order valence-electron chi connectivity index (χ4n) is 4.47. The van der Waals surface area contributed by atoms with Gasteiger partial charge in [0.2, 0.25) is 5.65 Å². The second-order valence-corrected chi connectivity index (χ2v) is 8.19. The maximum absolute atomic E-state index is 12.0. The first-order chi connectivity index (χ1) is 15.7. The van der Waals surface area contributed by atoms with Crippen LogP contribution in [-0.2, 0) is 6.61 Å². The summed E-state index contributed by atoms with van der Waals surface area (Å²) in [5.74, 6) is 1.06. The van der Waals surface area contributed by atoms with Crippen LogP contribution in [0, 0.1) is 10.1 Å². The van der Waals surface area contributed by atoms with Gasteiger partial charge < -0.3 is 4.74 Å². The molecular formula is C25H24N4O3. The topological polar surface area (TPSA) is 82.6 Å². The molecule has 162 valence electrons. The summed E-state index contributed by atoms with van der Waals surface area (Å²) in [7, 11) is 0. The predicted molar refractivity (Wildman–Crippen MR) is 122 cm³/mol. The van der Waals surface area contributed by atoms with Gasteiger partial charge in [0.25, 0.3) is 0 Å². The van der Waals surface area contributed by atoms with E-state index in [0.29, 0.717) is 35.2 Å². The molecule has 1 aliphatic rings. The number of nitro groups is 1. The van der Waals surface area contributed by atoms with Gasteiger partial charge in [0.1, 0.15) is 12.4 Å². The molecule has 0 N–H and O–H groups in total. The van der Waals surface area contributed by atoms with Gasteiger partial charge in [-0.25, -0.2) is 9.50 Å². The molecule has 1 aliphatic carbocycles. The fraction of sp³-hybridized carbons (Fsp3) is 0.280. The molecule has 1 saturated carbocycles. The normalized spacial score (nSPS) is 14.5. The number of ether oxygens (including phenoxy) is 1. The third-order valence-electron chi connectivity index (χ3n) is 6.11. The lowest BCUT2D eigenvalue weighted by atomic mass is 9.87. The largest absolute Gasteiger partial charge is 0.489 e. The molecule has 7 nitrogen and oxygen atoms in total. The molecular weight excluding hydrogens is 404 g/mol. The Hall–Kier alpha value is -3.74. The number of rotatable bonds is 6. The van der Waals surface area contributed by atoms with E-state index in [1.807, 2.05) is 60.7 Å². The number of aromatic nitrogens is 3. The van der Waals surface area contributed by atoms with Crippen molar-refractivity contribution in [2.75, 3.05) is 0 Å². The fourth-order valence-corrected chi connectivity index (χ4v) is 4.47. The predicted octanol–water partition coefficient (Wildman–Crippen LogP) is 5.93. The van der Waals surface area contributed by atoms with Gasteiger partial charge in [0, 0.05) is 23.4 Å². The Kier molecular flexibility index (Phi) is 5.54. The molecule has 2 heterocycles. The van der Waals surface area contributed by atoms with E-state index in [0.717, 1.165) is 24.1 Å². The average molecular weight is 428 g/mol. The number of benzene rings is 2. The van der Waals surface area contributed by atoms with E-state index in [2.05, 4.69) is 10.1 Å². The molecule has 0 saturated heterocycles. The van der Waals surface area contributed by atoms with Gasteiger partial charge in [0.15, 0.2) is 5.69 Å². The molecule has 1 fully saturated rings. The van der Waals surface area contributed by atoms with Gasteiger partial charge in [-0.05, 0) is 48.7 Å². The summed E-state index contributed by atoms with van der Waals surface area (Å²) in [5.41, 5.74) is 3.34. The van der Waals surface area contributed by atoms with Gasteiger partial charge in [-0.15, -0.1) is 0 Å². The Balaban J connectivity index is 1.47. The molecule has 2 aromatic carbocycles. The highest BCUT2D eigenvalue weighted by Crippen LogP contribution is 2.37. The molecule has 0 atom stereocenters. The lowest BCUT2D eigenvalue weighted by molar-refractivity contribution is -0.382.